The Bertz CT molecular complexity index is 1640. The molecule has 1 saturated heterocycles. The average Bonchev–Trinajstić information content (AvgIpc) is 3.52. The lowest BCUT2D eigenvalue weighted by Gasteiger charge is -2.37. The number of ether oxygens (including phenoxy) is 2. The number of anilines is 2. The zero-order valence-electron chi connectivity index (χ0n) is 24.3. The Labute approximate surface area is 252 Å². The SMILES string of the molecule is CN(C)C1CCN(c2ccc(C(=O)N[C@@H]3[C@H]4Oc5ccc(Oc6ccnc7c6CCC(=O)N7)cc5[C@@H]34)cc2C(F)(F)F)CC1. The molecule has 7 rings (SSSR count). The summed E-state index contributed by atoms with van der Waals surface area (Å²) in [5.74, 6) is 1.54. The number of halogens is 3. The summed E-state index contributed by atoms with van der Waals surface area (Å²) >= 11 is 0. The first kappa shape index (κ1) is 28.5. The molecule has 0 bridgehead atoms. The second-order valence-electron chi connectivity index (χ2n) is 12.0. The van der Waals surface area contributed by atoms with Crippen LogP contribution in [0.2, 0.25) is 0 Å². The second-order valence-corrected chi connectivity index (χ2v) is 12.0. The largest absolute Gasteiger partial charge is 0.487 e. The molecule has 12 heteroatoms. The van der Waals surface area contributed by atoms with Gasteiger partial charge in [-0.3, -0.25) is 9.59 Å². The van der Waals surface area contributed by atoms with Crippen molar-refractivity contribution in [2.24, 2.45) is 0 Å². The Morgan fingerprint density at radius 3 is 2.66 bits per heavy atom. The highest BCUT2D eigenvalue weighted by Gasteiger charge is 2.59. The van der Waals surface area contributed by atoms with Gasteiger partial charge in [0.2, 0.25) is 5.91 Å². The van der Waals surface area contributed by atoms with Crippen LogP contribution >= 0.6 is 0 Å². The first-order valence-electron chi connectivity index (χ1n) is 14.8. The van der Waals surface area contributed by atoms with Gasteiger partial charge in [-0.1, -0.05) is 0 Å². The molecule has 0 radical (unpaired) electrons. The van der Waals surface area contributed by atoms with E-state index in [1.165, 1.54) is 12.1 Å². The fourth-order valence-corrected chi connectivity index (χ4v) is 6.59. The van der Waals surface area contributed by atoms with E-state index in [2.05, 4.69) is 20.5 Å². The van der Waals surface area contributed by atoms with E-state index < -0.39 is 17.6 Å². The molecule has 44 heavy (non-hydrogen) atoms. The minimum absolute atomic E-state index is 0.0407. The normalized spacial score (nSPS) is 22.5. The van der Waals surface area contributed by atoms with Crippen LogP contribution < -0.4 is 25.0 Å². The molecule has 0 spiro atoms. The minimum atomic E-state index is -4.60. The summed E-state index contributed by atoms with van der Waals surface area (Å²) in [6.45, 7) is 1.04. The van der Waals surface area contributed by atoms with Gasteiger partial charge in [0.15, 0.2) is 0 Å². The van der Waals surface area contributed by atoms with Gasteiger partial charge in [0, 0.05) is 54.1 Å². The molecular weight excluding hydrogens is 575 g/mol. The van der Waals surface area contributed by atoms with Gasteiger partial charge in [-0.25, -0.2) is 4.98 Å². The van der Waals surface area contributed by atoms with E-state index in [4.69, 9.17) is 9.47 Å². The number of piperidine rings is 1. The Hall–Kier alpha value is -4.32. The van der Waals surface area contributed by atoms with E-state index in [-0.39, 0.29) is 35.2 Å². The van der Waals surface area contributed by atoms with Crippen LogP contribution in [0.25, 0.3) is 0 Å². The van der Waals surface area contributed by atoms with Crippen LogP contribution in [0.15, 0.2) is 48.7 Å². The van der Waals surface area contributed by atoms with Gasteiger partial charge in [-0.05, 0) is 75.8 Å². The summed E-state index contributed by atoms with van der Waals surface area (Å²) in [7, 11) is 3.97. The van der Waals surface area contributed by atoms with Crippen molar-refractivity contribution in [1.29, 1.82) is 0 Å². The molecule has 2 amide bonds. The van der Waals surface area contributed by atoms with Crippen molar-refractivity contribution in [3.8, 4) is 17.2 Å². The number of fused-ring (bicyclic) bond motifs is 4. The standard InChI is InChI=1S/C32H32F3N5O4/c1-39(2)18-10-13-40(14-11-18)23-6-3-17(15-22(23)32(33,34)35)31(42)38-28-27-21-16-19(4-7-24(21)44-29(27)28)43-25-9-12-36-30-20(25)5-8-26(41)37-30/h3-4,6-7,9,12,15-16,18,27-29H,5,8,10-11,13-14H2,1-2H3,(H,38,42)(H,36,37,41)/t27-,28-,29-/m0/s1. The lowest BCUT2D eigenvalue weighted by Crippen LogP contribution is -2.42. The number of alkyl halides is 3. The van der Waals surface area contributed by atoms with Crippen molar-refractivity contribution in [3.63, 3.8) is 0 Å². The zero-order valence-corrected chi connectivity index (χ0v) is 24.3. The van der Waals surface area contributed by atoms with Crippen LogP contribution in [0.4, 0.5) is 24.7 Å². The second kappa shape index (κ2) is 10.7. The smallest absolute Gasteiger partial charge is 0.418 e. The van der Waals surface area contributed by atoms with Crippen molar-refractivity contribution >= 4 is 23.3 Å². The molecular formula is C32H32F3N5O4. The lowest BCUT2D eigenvalue weighted by molar-refractivity contribution is -0.137. The first-order chi connectivity index (χ1) is 21.1. The van der Waals surface area contributed by atoms with Crippen LogP contribution in [-0.2, 0) is 17.4 Å². The van der Waals surface area contributed by atoms with Gasteiger partial charge in [0.1, 0.15) is 29.2 Å². The van der Waals surface area contributed by atoms with E-state index in [1.54, 1.807) is 29.3 Å². The fourth-order valence-electron chi connectivity index (χ4n) is 6.59. The monoisotopic (exact) mass is 607 g/mol. The van der Waals surface area contributed by atoms with Crippen molar-refractivity contribution in [2.75, 3.05) is 37.4 Å². The van der Waals surface area contributed by atoms with Gasteiger partial charge in [0.05, 0.1) is 17.5 Å². The van der Waals surface area contributed by atoms with Crippen LogP contribution in [0.3, 0.4) is 0 Å². The number of benzene rings is 2. The number of pyridine rings is 1. The number of amides is 2. The zero-order chi connectivity index (χ0) is 30.7. The molecule has 1 saturated carbocycles. The van der Waals surface area contributed by atoms with E-state index in [1.807, 2.05) is 20.2 Å². The third-order valence-corrected chi connectivity index (χ3v) is 9.06. The number of carbonyl (C=O) groups excluding carboxylic acids is 2. The Balaban J connectivity index is 1.05. The number of rotatable bonds is 6. The highest BCUT2D eigenvalue weighted by Crippen LogP contribution is 2.55. The fraction of sp³-hybridized carbons (Fsp3) is 0.406. The third kappa shape index (κ3) is 5.21. The predicted octanol–water partition coefficient (Wildman–Crippen LogP) is 4.96. The maximum absolute atomic E-state index is 14.2. The van der Waals surface area contributed by atoms with Crippen LogP contribution in [0.1, 0.15) is 52.2 Å². The number of hydrogen-bond acceptors (Lipinski definition) is 7. The predicted molar refractivity (Wildman–Crippen MR) is 156 cm³/mol. The number of carbonyl (C=O) groups is 2. The lowest BCUT2D eigenvalue weighted by atomic mass is 10.0. The Morgan fingerprint density at radius 1 is 1.11 bits per heavy atom. The highest BCUT2D eigenvalue weighted by molar-refractivity contribution is 5.96. The van der Waals surface area contributed by atoms with E-state index in [9.17, 15) is 22.8 Å². The van der Waals surface area contributed by atoms with Gasteiger partial charge >= 0.3 is 6.18 Å². The van der Waals surface area contributed by atoms with Crippen molar-refractivity contribution in [3.05, 3.63) is 70.9 Å². The van der Waals surface area contributed by atoms with Gasteiger partial charge in [-0.2, -0.15) is 13.2 Å². The van der Waals surface area contributed by atoms with Crippen LogP contribution in [0, 0.1) is 0 Å². The van der Waals surface area contributed by atoms with E-state index in [0.717, 1.165) is 30.0 Å². The minimum Gasteiger partial charge on any atom is -0.487 e. The molecule has 3 aliphatic heterocycles. The molecule has 230 valence electrons. The first-order valence-corrected chi connectivity index (χ1v) is 14.8. The number of nitrogens with zero attached hydrogens (tertiary/aromatic N) is 3. The number of nitrogens with one attached hydrogen (secondary N) is 2. The summed E-state index contributed by atoms with van der Waals surface area (Å²) in [4.78, 5) is 33.0. The maximum atomic E-state index is 14.2. The molecule has 3 atom stereocenters. The third-order valence-electron chi connectivity index (χ3n) is 9.06. The average molecular weight is 608 g/mol. The summed E-state index contributed by atoms with van der Waals surface area (Å²) < 4.78 is 54.7. The quantitative estimate of drug-likeness (QED) is 0.409. The van der Waals surface area contributed by atoms with Gasteiger partial charge in [-0.15, -0.1) is 0 Å². The van der Waals surface area contributed by atoms with E-state index in [0.29, 0.717) is 55.0 Å². The maximum Gasteiger partial charge on any atom is 0.418 e. The molecule has 4 aliphatic rings. The Morgan fingerprint density at radius 2 is 1.91 bits per heavy atom. The molecule has 0 unspecified atom stereocenters. The molecule has 1 aromatic heterocycles. The van der Waals surface area contributed by atoms with Crippen LogP contribution in [0.5, 0.6) is 17.2 Å². The summed E-state index contributed by atoms with van der Waals surface area (Å²) in [6, 6.07) is 11.0. The molecule has 9 nitrogen and oxygen atoms in total. The highest BCUT2D eigenvalue weighted by atomic mass is 19.4. The van der Waals surface area contributed by atoms with Crippen LogP contribution in [-0.4, -0.2) is 67.1 Å². The van der Waals surface area contributed by atoms with E-state index >= 15 is 0 Å². The summed E-state index contributed by atoms with van der Waals surface area (Å²) in [5, 5.41) is 5.64. The molecule has 2 N–H and O–H groups in total. The number of hydrogen-bond donors (Lipinski definition) is 2. The molecule has 3 aromatic rings. The van der Waals surface area contributed by atoms with Crippen molar-refractivity contribution in [2.45, 2.75) is 56.0 Å². The van der Waals surface area contributed by atoms with Gasteiger partial charge < -0.3 is 29.9 Å². The van der Waals surface area contributed by atoms with Crippen molar-refractivity contribution in [1.82, 2.24) is 15.2 Å². The Kier molecular flexibility index (Phi) is 6.91. The van der Waals surface area contributed by atoms with Gasteiger partial charge in [0.25, 0.3) is 5.91 Å². The molecule has 1 aliphatic carbocycles. The molecule has 4 heterocycles. The molecule has 2 aromatic carbocycles. The number of aromatic nitrogens is 1. The molecule has 2 fully saturated rings. The summed E-state index contributed by atoms with van der Waals surface area (Å²) in [5.41, 5.74) is 0.950. The summed E-state index contributed by atoms with van der Waals surface area (Å²) in [6.07, 6.45) is -0.917. The topological polar surface area (TPSA) is 96.0 Å². The van der Waals surface area contributed by atoms with Crippen molar-refractivity contribution < 1.29 is 32.2 Å².